The fourth-order valence-electron chi connectivity index (χ4n) is 5.40. The Hall–Kier alpha value is -2.80. The first-order valence-electron chi connectivity index (χ1n) is 12.3. The van der Waals surface area contributed by atoms with Gasteiger partial charge in [0.1, 0.15) is 17.0 Å². The highest BCUT2D eigenvalue weighted by Gasteiger charge is 2.49. The molecule has 3 aromatic rings. The number of aryl methyl sites for hydroxylation is 1. The predicted molar refractivity (Wildman–Crippen MR) is 137 cm³/mol. The number of rotatable bonds is 5. The number of amides is 2. The third kappa shape index (κ3) is 3.80. The van der Waals surface area contributed by atoms with Crippen molar-refractivity contribution in [2.75, 3.05) is 12.0 Å². The molecule has 2 aliphatic rings. The predicted octanol–water partition coefficient (Wildman–Crippen LogP) is 5.39. The van der Waals surface area contributed by atoms with Crippen LogP contribution in [-0.2, 0) is 17.8 Å². The Balaban J connectivity index is 1.58. The van der Waals surface area contributed by atoms with E-state index >= 15 is 0 Å². The molecule has 7 heteroatoms. The summed E-state index contributed by atoms with van der Waals surface area (Å²) in [7, 11) is 1.61. The lowest BCUT2D eigenvalue weighted by molar-refractivity contribution is -0.127. The molecule has 34 heavy (non-hydrogen) atoms. The number of carbonyl (C=O) groups is 2. The Labute approximate surface area is 204 Å². The Kier molecular flexibility index (Phi) is 5.92. The first-order valence-corrected chi connectivity index (χ1v) is 13.1. The van der Waals surface area contributed by atoms with Crippen LogP contribution in [0.25, 0.3) is 10.2 Å². The van der Waals surface area contributed by atoms with Gasteiger partial charge >= 0.3 is 0 Å². The first kappa shape index (κ1) is 23.0. The maximum atomic E-state index is 14.0. The number of hydrogen-bond acceptors (Lipinski definition) is 4. The molecule has 1 atom stereocenters. The molecule has 0 radical (unpaired) electrons. The number of ether oxygens (including phenoxy) is 1. The van der Waals surface area contributed by atoms with Crippen molar-refractivity contribution in [1.82, 2.24) is 9.88 Å². The summed E-state index contributed by atoms with van der Waals surface area (Å²) in [5.41, 5.74) is 1.27. The van der Waals surface area contributed by atoms with Gasteiger partial charge in [0, 0.05) is 22.7 Å². The summed E-state index contributed by atoms with van der Waals surface area (Å²) in [4.78, 5) is 30.9. The SMILES string of the molecule is CCc1cc2c(cc3n2C[C@@](C)(C(=O)NC2CCC(C)CC2)N(c2cccc(OC)c2)C3=O)s1. The molecule has 1 aliphatic carbocycles. The second-order valence-corrected chi connectivity index (χ2v) is 11.1. The average Bonchev–Trinajstić information content (AvgIpc) is 3.39. The lowest BCUT2D eigenvalue weighted by Gasteiger charge is -2.45. The lowest BCUT2D eigenvalue weighted by Crippen LogP contribution is -2.65. The number of thiophene rings is 1. The average molecular weight is 480 g/mol. The molecule has 2 amide bonds. The van der Waals surface area contributed by atoms with E-state index in [0.29, 0.717) is 29.6 Å². The van der Waals surface area contributed by atoms with Gasteiger partial charge in [-0.05, 0) is 69.2 Å². The molecule has 1 fully saturated rings. The zero-order valence-corrected chi connectivity index (χ0v) is 21.2. The molecule has 180 valence electrons. The molecule has 1 N–H and O–H groups in total. The number of methoxy groups -OCH3 is 1. The molecule has 1 aliphatic heterocycles. The van der Waals surface area contributed by atoms with Crippen LogP contribution >= 0.6 is 11.3 Å². The van der Waals surface area contributed by atoms with Crippen molar-refractivity contribution in [3.63, 3.8) is 0 Å². The van der Waals surface area contributed by atoms with Crippen LogP contribution in [0.3, 0.4) is 0 Å². The maximum absolute atomic E-state index is 14.0. The van der Waals surface area contributed by atoms with Gasteiger partial charge in [-0.2, -0.15) is 0 Å². The minimum absolute atomic E-state index is 0.0957. The number of benzene rings is 1. The fraction of sp³-hybridized carbons (Fsp3) is 0.481. The van der Waals surface area contributed by atoms with Crippen LogP contribution in [0.1, 0.15) is 61.8 Å². The van der Waals surface area contributed by atoms with Gasteiger partial charge < -0.3 is 14.6 Å². The van der Waals surface area contributed by atoms with Crippen LogP contribution in [0.15, 0.2) is 36.4 Å². The van der Waals surface area contributed by atoms with Crippen molar-refractivity contribution in [2.24, 2.45) is 5.92 Å². The molecule has 0 bridgehead atoms. The zero-order chi connectivity index (χ0) is 24.0. The fourth-order valence-corrected chi connectivity index (χ4v) is 6.44. The summed E-state index contributed by atoms with van der Waals surface area (Å²) in [6.45, 7) is 6.71. The second kappa shape index (κ2) is 8.77. The minimum atomic E-state index is -1.07. The summed E-state index contributed by atoms with van der Waals surface area (Å²) in [6, 6.07) is 11.7. The quantitative estimate of drug-likeness (QED) is 0.534. The Morgan fingerprint density at radius 1 is 1.21 bits per heavy atom. The minimum Gasteiger partial charge on any atom is -0.497 e. The lowest BCUT2D eigenvalue weighted by atomic mass is 9.86. The summed E-state index contributed by atoms with van der Waals surface area (Å²) in [6.07, 6.45) is 5.17. The van der Waals surface area contributed by atoms with Gasteiger partial charge in [-0.1, -0.05) is 19.9 Å². The van der Waals surface area contributed by atoms with Gasteiger partial charge in [0.05, 0.1) is 23.9 Å². The van der Waals surface area contributed by atoms with Crippen LogP contribution < -0.4 is 15.0 Å². The van der Waals surface area contributed by atoms with Crippen molar-refractivity contribution in [3.8, 4) is 5.75 Å². The molecular weight excluding hydrogens is 446 g/mol. The standard InChI is InChI=1S/C27H33N3O3S/c1-5-21-14-22-24(34-21)15-23-25(31)30(19-7-6-8-20(13-19)33-4)27(3,16-29(22)23)26(32)28-18-11-9-17(2)10-12-18/h6-8,13-15,17-18H,5,9-12,16H2,1-4H3,(H,28,32)/t17?,18?,27-/m0/s1. The van der Waals surface area contributed by atoms with Gasteiger partial charge in [-0.3, -0.25) is 14.5 Å². The molecule has 2 aromatic heterocycles. The summed E-state index contributed by atoms with van der Waals surface area (Å²) in [5, 5.41) is 3.31. The Morgan fingerprint density at radius 2 is 1.97 bits per heavy atom. The third-order valence-electron chi connectivity index (χ3n) is 7.52. The van der Waals surface area contributed by atoms with Crippen LogP contribution in [0, 0.1) is 5.92 Å². The number of nitrogens with zero attached hydrogens (tertiary/aromatic N) is 2. The van der Waals surface area contributed by atoms with E-state index < -0.39 is 5.54 Å². The van der Waals surface area contributed by atoms with Gasteiger partial charge in [-0.25, -0.2) is 0 Å². The molecule has 1 saturated carbocycles. The second-order valence-electron chi connectivity index (χ2n) is 9.98. The van der Waals surface area contributed by atoms with E-state index in [1.54, 1.807) is 23.3 Å². The van der Waals surface area contributed by atoms with Crippen molar-refractivity contribution in [2.45, 2.75) is 71.0 Å². The Bertz CT molecular complexity index is 1240. The van der Waals surface area contributed by atoms with Gasteiger partial charge in [-0.15, -0.1) is 11.3 Å². The van der Waals surface area contributed by atoms with Crippen molar-refractivity contribution >= 4 is 39.1 Å². The smallest absolute Gasteiger partial charge is 0.275 e. The van der Waals surface area contributed by atoms with E-state index in [9.17, 15) is 9.59 Å². The zero-order valence-electron chi connectivity index (χ0n) is 20.4. The number of fused-ring (bicyclic) bond motifs is 3. The van der Waals surface area contributed by atoms with E-state index in [4.69, 9.17) is 4.74 Å². The molecule has 6 nitrogen and oxygen atoms in total. The number of aromatic nitrogens is 1. The largest absolute Gasteiger partial charge is 0.497 e. The molecule has 0 unspecified atom stereocenters. The first-order chi connectivity index (χ1) is 16.3. The topological polar surface area (TPSA) is 63.6 Å². The number of nitrogens with one attached hydrogen (secondary N) is 1. The third-order valence-corrected chi connectivity index (χ3v) is 8.74. The van der Waals surface area contributed by atoms with Gasteiger partial charge in [0.25, 0.3) is 5.91 Å². The van der Waals surface area contributed by atoms with Crippen molar-refractivity contribution in [3.05, 3.63) is 47.0 Å². The Morgan fingerprint density at radius 3 is 2.68 bits per heavy atom. The van der Waals surface area contributed by atoms with E-state index in [1.807, 2.05) is 41.8 Å². The van der Waals surface area contributed by atoms with Crippen LogP contribution in [-0.4, -0.2) is 35.1 Å². The normalized spacial score (nSPS) is 24.8. The van der Waals surface area contributed by atoms with Crippen molar-refractivity contribution in [1.29, 1.82) is 0 Å². The van der Waals surface area contributed by atoms with Crippen molar-refractivity contribution < 1.29 is 14.3 Å². The highest BCUT2D eigenvalue weighted by Crippen LogP contribution is 2.39. The highest BCUT2D eigenvalue weighted by molar-refractivity contribution is 7.19. The summed E-state index contributed by atoms with van der Waals surface area (Å²) < 4.78 is 8.57. The van der Waals surface area contributed by atoms with Crippen LogP contribution in [0.4, 0.5) is 5.69 Å². The molecule has 1 aromatic carbocycles. The molecule has 0 saturated heterocycles. The van der Waals surface area contributed by atoms with E-state index in [1.165, 1.54) is 4.88 Å². The van der Waals surface area contributed by atoms with Crippen LogP contribution in [0.5, 0.6) is 5.75 Å². The number of anilines is 1. The van der Waals surface area contributed by atoms with Gasteiger partial charge in [0.2, 0.25) is 5.91 Å². The van der Waals surface area contributed by atoms with Crippen LogP contribution in [0.2, 0.25) is 0 Å². The maximum Gasteiger partial charge on any atom is 0.275 e. The monoisotopic (exact) mass is 479 g/mol. The summed E-state index contributed by atoms with van der Waals surface area (Å²) >= 11 is 1.72. The molecule has 3 heterocycles. The summed E-state index contributed by atoms with van der Waals surface area (Å²) in [5.74, 6) is 1.11. The van der Waals surface area contributed by atoms with E-state index in [0.717, 1.165) is 42.3 Å². The number of hydrogen-bond donors (Lipinski definition) is 1. The van der Waals surface area contributed by atoms with E-state index in [-0.39, 0.29) is 17.9 Å². The molecular formula is C27H33N3O3S. The van der Waals surface area contributed by atoms with Gasteiger partial charge in [0.15, 0.2) is 0 Å². The molecule has 0 spiro atoms. The highest BCUT2D eigenvalue weighted by atomic mass is 32.1. The molecule has 5 rings (SSSR count). The number of carbonyl (C=O) groups excluding carboxylic acids is 2. The van der Waals surface area contributed by atoms with E-state index in [2.05, 4.69) is 25.2 Å².